The number of Topliss-reactive ketones (excluding diaryl/α,β-unsaturated/α-hetero) is 2. The molecule has 4 heteroatoms. The Hall–Kier alpha value is -1.19. The van der Waals surface area contributed by atoms with Crippen LogP contribution in [0.25, 0.3) is 0 Å². The third kappa shape index (κ3) is 1.39. The van der Waals surface area contributed by atoms with Crippen molar-refractivity contribution in [3.8, 4) is 0 Å². The molecule has 0 N–H and O–H groups in total. The second-order valence-electron chi connectivity index (χ2n) is 8.90. The summed E-state index contributed by atoms with van der Waals surface area (Å²) >= 11 is 0. The highest BCUT2D eigenvalue weighted by molar-refractivity contribution is 5.93. The minimum Gasteiger partial charge on any atom is -0.457 e. The van der Waals surface area contributed by atoms with E-state index in [2.05, 4.69) is 6.92 Å². The SMILES string of the molecule is C[C@]12CC[C@H]3[C@@H](CCC45CC(=O)CC[C@]34C(=O)O5)[C@@H]1CCC2=O. The van der Waals surface area contributed by atoms with Crippen molar-refractivity contribution >= 4 is 17.5 Å². The van der Waals surface area contributed by atoms with Crippen molar-refractivity contribution in [3.63, 3.8) is 0 Å². The Bertz CT molecular complexity index is 639. The van der Waals surface area contributed by atoms with Crippen LogP contribution in [0.4, 0.5) is 0 Å². The van der Waals surface area contributed by atoms with E-state index in [4.69, 9.17) is 4.74 Å². The second kappa shape index (κ2) is 4.07. The largest absolute Gasteiger partial charge is 0.457 e. The molecule has 4 saturated carbocycles. The Morgan fingerprint density at radius 3 is 2.57 bits per heavy atom. The lowest BCUT2D eigenvalue weighted by molar-refractivity contribution is -0.292. The Labute approximate surface area is 136 Å². The van der Waals surface area contributed by atoms with Crippen LogP contribution in [-0.2, 0) is 19.1 Å². The van der Waals surface area contributed by atoms with Gasteiger partial charge < -0.3 is 4.74 Å². The molecule has 0 aromatic rings. The van der Waals surface area contributed by atoms with Crippen molar-refractivity contribution in [1.82, 2.24) is 0 Å². The van der Waals surface area contributed by atoms with Crippen LogP contribution in [0.15, 0.2) is 0 Å². The molecule has 1 aliphatic heterocycles. The monoisotopic (exact) mass is 316 g/mol. The summed E-state index contributed by atoms with van der Waals surface area (Å²) in [7, 11) is 0. The molecule has 23 heavy (non-hydrogen) atoms. The van der Waals surface area contributed by atoms with Gasteiger partial charge in [0.2, 0.25) is 0 Å². The number of fused-ring (bicyclic) bond motifs is 3. The van der Waals surface area contributed by atoms with Crippen LogP contribution in [0.2, 0.25) is 0 Å². The number of ketones is 2. The zero-order chi connectivity index (χ0) is 16.0. The molecule has 0 bridgehead atoms. The van der Waals surface area contributed by atoms with Gasteiger partial charge in [-0.1, -0.05) is 6.92 Å². The van der Waals surface area contributed by atoms with Crippen LogP contribution in [0.1, 0.15) is 64.7 Å². The number of carbonyl (C=O) groups is 3. The van der Waals surface area contributed by atoms with E-state index in [-0.39, 0.29) is 17.2 Å². The average molecular weight is 316 g/mol. The Balaban J connectivity index is 1.56. The lowest BCUT2D eigenvalue weighted by atomic mass is 9.41. The van der Waals surface area contributed by atoms with Crippen LogP contribution < -0.4 is 0 Å². The molecule has 5 rings (SSSR count). The van der Waals surface area contributed by atoms with Crippen molar-refractivity contribution < 1.29 is 19.1 Å². The molecular formula is C19H24O4. The van der Waals surface area contributed by atoms with E-state index in [9.17, 15) is 14.4 Å². The lowest BCUT2D eigenvalue weighted by Crippen LogP contribution is -2.76. The van der Waals surface area contributed by atoms with Gasteiger partial charge in [-0.3, -0.25) is 14.4 Å². The average Bonchev–Trinajstić information content (AvgIpc) is 2.81. The molecule has 1 saturated heterocycles. The standard InChI is InChI=1S/C19H24O4/c1-17-7-6-14-12(13(17)2-3-15(17)21)5-8-18-10-11(20)4-9-19(14,18)16(22)23-18/h12-14H,2-10H2,1H3/t12-,13-,14-,17-,18?,19+/m0/s1. The highest BCUT2D eigenvalue weighted by Gasteiger charge is 2.77. The number of esters is 1. The molecule has 4 aliphatic carbocycles. The van der Waals surface area contributed by atoms with E-state index < -0.39 is 11.0 Å². The molecule has 0 radical (unpaired) electrons. The Morgan fingerprint density at radius 2 is 1.78 bits per heavy atom. The molecular weight excluding hydrogens is 292 g/mol. The van der Waals surface area contributed by atoms with Gasteiger partial charge in [-0.2, -0.15) is 0 Å². The van der Waals surface area contributed by atoms with Crippen molar-refractivity contribution in [2.45, 2.75) is 70.3 Å². The van der Waals surface area contributed by atoms with E-state index >= 15 is 0 Å². The van der Waals surface area contributed by atoms with E-state index in [0.29, 0.717) is 49.2 Å². The predicted octanol–water partition coefficient (Wildman–Crippen LogP) is 2.83. The van der Waals surface area contributed by atoms with Crippen LogP contribution in [0, 0.1) is 28.6 Å². The first-order valence-electron chi connectivity index (χ1n) is 9.21. The van der Waals surface area contributed by atoms with E-state index in [1.807, 2.05) is 0 Å². The molecule has 0 aromatic heterocycles. The number of hydrogen-bond donors (Lipinski definition) is 0. The first-order chi connectivity index (χ1) is 10.9. The van der Waals surface area contributed by atoms with Gasteiger partial charge in [0.25, 0.3) is 0 Å². The van der Waals surface area contributed by atoms with Gasteiger partial charge in [0.05, 0.1) is 0 Å². The number of hydrogen-bond acceptors (Lipinski definition) is 4. The van der Waals surface area contributed by atoms with Gasteiger partial charge >= 0.3 is 5.97 Å². The van der Waals surface area contributed by atoms with Crippen LogP contribution >= 0.6 is 0 Å². The lowest BCUT2D eigenvalue weighted by Gasteiger charge is -2.68. The third-order valence-electron chi connectivity index (χ3n) is 8.41. The maximum atomic E-state index is 12.6. The summed E-state index contributed by atoms with van der Waals surface area (Å²) in [6.45, 7) is 2.16. The smallest absolute Gasteiger partial charge is 0.317 e. The summed E-state index contributed by atoms with van der Waals surface area (Å²) in [4.78, 5) is 37.0. The fourth-order valence-corrected chi connectivity index (χ4v) is 7.28. The Kier molecular flexibility index (Phi) is 2.51. The van der Waals surface area contributed by atoms with Crippen molar-refractivity contribution in [2.75, 3.05) is 0 Å². The summed E-state index contributed by atoms with van der Waals surface area (Å²) in [5.41, 5.74) is -1.05. The normalized spacial score (nSPS) is 54.3. The molecule has 1 heterocycles. The van der Waals surface area contributed by atoms with Gasteiger partial charge in [0, 0.05) is 24.7 Å². The van der Waals surface area contributed by atoms with Crippen molar-refractivity contribution in [3.05, 3.63) is 0 Å². The highest BCUT2D eigenvalue weighted by atomic mass is 16.6. The molecule has 1 unspecified atom stereocenters. The van der Waals surface area contributed by atoms with Gasteiger partial charge in [-0.25, -0.2) is 0 Å². The predicted molar refractivity (Wildman–Crippen MR) is 81.4 cm³/mol. The quantitative estimate of drug-likeness (QED) is 0.645. The summed E-state index contributed by atoms with van der Waals surface area (Å²) in [6.07, 6.45) is 7.06. The third-order valence-corrected chi connectivity index (χ3v) is 8.41. The maximum Gasteiger partial charge on any atom is 0.317 e. The van der Waals surface area contributed by atoms with Gasteiger partial charge in [-0.05, 0) is 56.3 Å². The van der Waals surface area contributed by atoms with Crippen LogP contribution in [0.5, 0.6) is 0 Å². The first kappa shape index (κ1) is 14.2. The summed E-state index contributed by atoms with van der Waals surface area (Å²) in [5.74, 6) is 1.87. The number of rotatable bonds is 0. The summed E-state index contributed by atoms with van der Waals surface area (Å²) < 4.78 is 5.68. The van der Waals surface area contributed by atoms with Gasteiger partial charge in [0.1, 0.15) is 22.6 Å². The Morgan fingerprint density at radius 1 is 0.957 bits per heavy atom. The topological polar surface area (TPSA) is 60.4 Å². The van der Waals surface area contributed by atoms with E-state index in [1.165, 1.54) is 0 Å². The van der Waals surface area contributed by atoms with Gasteiger partial charge in [-0.15, -0.1) is 0 Å². The van der Waals surface area contributed by atoms with E-state index in [0.717, 1.165) is 32.1 Å². The minimum absolute atomic E-state index is 0.0485. The molecule has 5 fully saturated rings. The highest BCUT2D eigenvalue weighted by Crippen LogP contribution is 2.71. The summed E-state index contributed by atoms with van der Waals surface area (Å²) in [6, 6.07) is 0. The molecule has 6 atom stereocenters. The van der Waals surface area contributed by atoms with Crippen LogP contribution in [0.3, 0.4) is 0 Å². The molecule has 4 nitrogen and oxygen atoms in total. The molecule has 124 valence electrons. The molecule has 0 aromatic carbocycles. The van der Waals surface area contributed by atoms with E-state index in [1.54, 1.807) is 0 Å². The maximum absolute atomic E-state index is 12.6. The zero-order valence-corrected chi connectivity index (χ0v) is 13.7. The first-order valence-corrected chi connectivity index (χ1v) is 9.21. The fraction of sp³-hybridized carbons (Fsp3) is 0.842. The van der Waals surface area contributed by atoms with Crippen molar-refractivity contribution in [2.24, 2.45) is 28.6 Å². The number of carbonyl (C=O) groups excluding carboxylic acids is 3. The zero-order valence-electron chi connectivity index (χ0n) is 13.7. The molecule has 0 amide bonds. The number of ether oxygens (including phenoxy) is 1. The minimum atomic E-state index is -0.489. The summed E-state index contributed by atoms with van der Waals surface area (Å²) in [5, 5.41) is 0. The molecule has 5 aliphatic rings. The van der Waals surface area contributed by atoms with Crippen molar-refractivity contribution in [1.29, 1.82) is 0 Å². The van der Waals surface area contributed by atoms with Gasteiger partial charge in [0.15, 0.2) is 0 Å². The fourth-order valence-electron chi connectivity index (χ4n) is 7.28. The molecule has 0 spiro atoms. The van der Waals surface area contributed by atoms with Crippen LogP contribution in [-0.4, -0.2) is 23.1 Å². The second-order valence-corrected chi connectivity index (χ2v) is 8.90.